The van der Waals surface area contributed by atoms with Crippen molar-refractivity contribution in [3.63, 3.8) is 0 Å². The summed E-state index contributed by atoms with van der Waals surface area (Å²) in [6, 6.07) is 0. The van der Waals surface area contributed by atoms with E-state index >= 15 is 0 Å². The van der Waals surface area contributed by atoms with Crippen molar-refractivity contribution in [2.45, 2.75) is 12.1 Å². The van der Waals surface area contributed by atoms with Gasteiger partial charge in [-0.1, -0.05) is 0 Å². The third kappa shape index (κ3) is 1.47. The van der Waals surface area contributed by atoms with E-state index in [0.29, 0.717) is 5.67 Å². The zero-order valence-electron chi connectivity index (χ0n) is 7.22. The van der Waals surface area contributed by atoms with Crippen LogP contribution in [0.4, 0.5) is 0 Å². The molecule has 0 aromatic rings. The van der Waals surface area contributed by atoms with Gasteiger partial charge in [0.2, 0.25) is 0 Å². The van der Waals surface area contributed by atoms with Crippen molar-refractivity contribution in [2.24, 2.45) is 0 Å². The largest absolute Gasteiger partial charge is 0.518 e. The van der Waals surface area contributed by atoms with Crippen LogP contribution < -0.4 is 5.32 Å². The molecule has 5 heteroatoms. The molecule has 0 spiro atoms. The summed E-state index contributed by atoms with van der Waals surface area (Å²) in [5, 5.41) is 3.23. The summed E-state index contributed by atoms with van der Waals surface area (Å²) in [6.45, 7) is 1.04. The topological polar surface area (TPSA) is 39.7 Å². The van der Waals surface area contributed by atoms with Gasteiger partial charge in [-0.25, -0.2) is 0 Å². The first-order chi connectivity index (χ1) is 5.29. The summed E-state index contributed by atoms with van der Waals surface area (Å²) in [5.74, 6) is 0. The molecule has 1 heterocycles. The molecule has 1 saturated heterocycles. The summed E-state index contributed by atoms with van der Waals surface area (Å²) in [4.78, 5) is 0. The van der Waals surface area contributed by atoms with Gasteiger partial charge in [0.1, 0.15) is 0 Å². The van der Waals surface area contributed by atoms with E-state index in [-0.39, 0.29) is 0 Å². The molecule has 11 heavy (non-hydrogen) atoms. The van der Waals surface area contributed by atoms with Crippen LogP contribution in [0.25, 0.3) is 0 Å². The van der Waals surface area contributed by atoms with Gasteiger partial charge in [-0.15, -0.1) is 0 Å². The van der Waals surface area contributed by atoms with Crippen molar-refractivity contribution < 1.29 is 13.3 Å². The summed E-state index contributed by atoms with van der Waals surface area (Å²) in [6.07, 6.45) is 1.09. The van der Waals surface area contributed by atoms with Crippen LogP contribution in [0.1, 0.15) is 6.42 Å². The fraction of sp³-hybridized carbons (Fsp3) is 1.00. The molecular formula is C6H15NO3Si. The van der Waals surface area contributed by atoms with Crippen LogP contribution in [0.3, 0.4) is 0 Å². The Kier molecular flexibility index (Phi) is 3.03. The second-order valence-electron chi connectivity index (χ2n) is 2.51. The predicted molar refractivity (Wildman–Crippen MR) is 43.2 cm³/mol. The maximum Gasteiger partial charge on any atom is 0.518 e. The van der Waals surface area contributed by atoms with Crippen LogP contribution in [0, 0.1) is 0 Å². The third-order valence-corrected chi connectivity index (χ3v) is 5.16. The zero-order chi connectivity index (χ0) is 8.32. The normalized spacial score (nSPS) is 24.8. The third-order valence-electron chi connectivity index (χ3n) is 2.10. The van der Waals surface area contributed by atoms with E-state index in [0.717, 1.165) is 13.0 Å². The first-order valence-electron chi connectivity index (χ1n) is 3.68. The van der Waals surface area contributed by atoms with Gasteiger partial charge in [-0.3, -0.25) is 0 Å². The van der Waals surface area contributed by atoms with Crippen LogP contribution in [-0.2, 0) is 13.3 Å². The van der Waals surface area contributed by atoms with Gasteiger partial charge in [-0.05, 0) is 13.0 Å². The van der Waals surface area contributed by atoms with Gasteiger partial charge < -0.3 is 18.6 Å². The van der Waals surface area contributed by atoms with Crippen molar-refractivity contribution in [3.8, 4) is 0 Å². The van der Waals surface area contributed by atoms with E-state index in [1.54, 1.807) is 21.3 Å². The minimum absolute atomic E-state index is 0.294. The highest BCUT2D eigenvalue weighted by Gasteiger charge is 2.50. The SMILES string of the molecule is CO[Si](OC)(OC)C1CCN1. The van der Waals surface area contributed by atoms with E-state index < -0.39 is 8.80 Å². The number of hydrogen-bond acceptors (Lipinski definition) is 4. The number of hydrogen-bond donors (Lipinski definition) is 1. The molecule has 0 radical (unpaired) electrons. The second kappa shape index (κ2) is 3.64. The van der Waals surface area contributed by atoms with Gasteiger partial charge in [0.05, 0.1) is 5.67 Å². The molecule has 0 aromatic heterocycles. The quantitative estimate of drug-likeness (QED) is 0.602. The van der Waals surface area contributed by atoms with Gasteiger partial charge in [-0.2, -0.15) is 0 Å². The van der Waals surface area contributed by atoms with Crippen LogP contribution in [0.5, 0.6) is 0 Å². The van der Waals surface area contributed by atoms with Gasteiger partial charge in [0, 0.05) is 21.3 Å². The van der Waals surface area contributed by atoms with Crippen molar-refractivity contribution in [3.05, 3.63) is 0 Å². The lowest BCUT2D eigenvalue weighted by atomic mass is 10.3. The lowest BCUT2D eigenvalue weighted by molar-refractivity contribution is 0.0954. The zero-order valence-corrected chi connectivity index (χ0v) is 8.22. The molecule has 4 nitrogen and oxygen atoms in total. The molecule has 1 fully saturated rings. The Morgan fingerprint density at radius 2 is 1.64 bits per heavy atom. The van der Waals surface area contributed by atoms with E-state index in [1.807, 2.05) is 0 Å². The van der Waals surface area contributed by atoms with Gasteiger partial charge in [0.15, 0.2) is 0 Å². The van der Waals surface area contributed by atoms with Crippen molar-refractivity contribution in [2.75, 3.05) is 27.9 Å². The Balaban J connectivity index is 2.54. The van der Waals surface area contributed by atoms with Gasteiger partial charge in [0.25, 0.3) is 0 Å². The molecule has 1 rings (SSSR count). The van der Waals surface area contributed by atoms with Crippen LogP contribution >= 0.6 is 0 Å². The minimum atomic E-state index is -2.35. The molecule has 1 aliphatic heterocycles. The van der Waals surface area contributed by atoms with Crippen molar-refractivity contribution >= 4 is 8.80 Å². The fourth-order valence-electron chi connectivity index (χ4n) is 1.27. The number of nitrogens with one attached hydrogen (secondary N) is 1. The maximum absolute atomic E-state index is 5.27. The molecule has 1 N–H and O–H groups in total. The van der Waals surface area contributed by atoms with Crippen molar-refractivity contribution in [1.29, 1.82) is 0 Å². The summed E-state index contributed by atoms with van der Waals surface area (Å²) in [7, 11) is 2.57. The predicted octanol–water partition coefficient (Wildman–Crippen LogP) is -0.234. The highest BCUT2D eigenvalue weighted by atomic mass is 28.4. The fourth-order valence-corrected chi connectivity index (χ4v) is 3.51. The maximum atomic E-state index is 5.27. The van der Waals surface area contributed by atoms with Crippen LogP contribution in [0.15, 0.2) is 0 Å². The minimum Gasteiger partial charge on any atom is -0.376 e. The molecule has 1 atom stereocenters. The monoisotopic (exact) mass is 177 g/mol. The molecule has 66 valence electrons. The van der Waals surface area contributed by atoms with E-state index in [4.69, 9.17) is 13.3 Å². The Morgan fingerprint density at radius 1 is 1.18 bits per heavy atom. The Hall–Kier alpha value is 0.0569. The standard InChI is InChI=1S/C6H15NO3Si/c1-8-11(9-2,10-3)6-4-5-7-6/h6-7H,4-5H2,1-3H3. The molecule has 0 amide bonds. The smallest absolute Gasteiger partial charge is 0.376 e. The molecular weight excluding hydrogens is 162 g/mol. The van der Waals surface area contributed by atoms with E-state index in [9.17, 15) is 0 Å². The highest BCUT2D eigenvalue weighted by molar-refractivity contribution is 6.62. The molecule has 0 bridgehead atoms. The lowest BCUT2D eigenvalue weighted by Crippen LogP contribution is -2.66. The molecule has 0 saturated carbocycles. The Morgan fingerprint density at radius 3 is 1.73 bits per heavy atom. The lowest BCUT2D eigenvalue weighted by Gasteiger charge is -2.38. The summed E-state index contributed by atoms with van der Waals surface area (Å²) in [5.41, 5.74) is 0.294. The highest BCUT2D eigenvalue weighted by Crippen LogP contribution is 2.18. The summed E-state index contributed by atoms with van der Waals surface area (Å²) < 4.78 is 15.8. The molecule has 0 aromatic carbocycles. The number of rotatable bonds is 4. The average Bonchev–Trinajstić information content (AvgIpc) is 1.97. The molecule has 1 unspecified atom stereocenters. The average molecular weight is 177 g/mol. The summed E-state index contributed by atoms with van der Waals surface area (Å²) >= 11 is 0. The Labute approximate surface area is 68.2 Å². The van der Waals surface area contributed by atoms with Crippen LogP contribution in [0.2, 0.25) is 0 Å². The van der Waals surface area contributed by atoms with Crippen molar-refractivity contribution in [1.82, 2.24) is 5.32 Å². The van der Waals surface area contributed by atoms with E-state index in [1.165, 1.54) is 0 Å². The second-order valence-corrected chi connectivity index (χ2v) is 5.64. The first kappa shape index (κ1) is 9.15. The van der Waals surface area contributed by atoms with E-state index in [2.05, 4.69) is 5.32 Å². The first-order valence-corrected chi connectivity index (χ1v) is 5.48. The molecule has 1 aliphatic rings. The van der Waals surface area contributed by atoms with Gasteiger partial charge >= 0.3 is 8.80 Å². The molecule has 0 aliphatic carbocycles. The van der Waals surface area contributed by atoms with Crippen LogP contribution in [-0.4, -0.2) is 42.3 Å². The Bertz CT molecular complexity index is 117.